The van der Waals surface area contributed by atoms with Gasteiger partial charge in [-0.15, -0.1) is 0 Å². The molecule has 0 aliphatic rings. The Kier molecular flexibility index (Phi) is 3.67. The fourth-order valence-electron chi connectivity index (χ4n) is 1.54. The van der Waals surface area contributed by atoms with Crippen LogP contribution in [0.4, 0.5) is 10.2 Å². The van der Waals surface area contributed by atoms with Crippen molar-refractivity contribution in [3.63, 3.8) is 0 Å². The van der Waals surface area contributed by atoms with Crippen LogP contribution >= 0.6 is 0 Å². The fourth-order valence-corrected chi connectivity index (χ4v) is 1.54. The molecule has 0 aliphatic heterocycles. The number of nitrogens with zero attached hydrogens (tertiary/aromatic N) is 1. The molecular weight excluding hydrogens is 217 g/mol. The van der Waals surface area contributed by atoms with Crippen molar-refractivity contribution in [2.24, 2.45) is 5.73 Å². The maximum atomic E-state index is 12.6. The third-order valence-corrected chi connectivity index (χ3v) is 2.43. The summed E-state index contributed by atoms with van der Waals surface area (Å²) in [6, 6.07) is 11.0. The second-order valence-electron chi connectivity index (χ2n) is 3.74. The first-order valence-corrected chi connectivity index (χ1v) is 5.41. The molecular formula is C13H14FN3. The molecule has 1 aromatic carbocycles. The van der Waals surface area contributed by atoms with Gasteiger partial charge in [-0.1, -0.05) is 24.3 Å². The van der Waals surface area contributed by atoms with E-state index < -0.39 is 0 Å². The predicted molar refractivity (Wildman–Crippen MR) is 65.9 cm³/mol. The van der Waals surface area contributed by atoms with Crippen LogP contribution in [-0.2, 0) is 13.1 Å². The van der Waals surface area contributed by atoms with E-state index in [1.807, 2.05) is 24.3 Å². The van der Waals surface area contributed by atoms with Crippen molar-refractivity contribution in [2.75, 3.05) is 5.32 Å². The largest absolute Gasteiger partial charge is 0.366 e. The summed E-state index contributed by atoms with van der Waals surface area (Å²) in [5, 5.41) is 3.12. The van der Waals surface area contributed by atoms with Crippen molar-refractivity contribution >= 4 is 5.82 Å². The van der Waals surface area contributed by atoms with E-state index in [9.17, 15) is 4.39 Å². The Labute approximate surface area is 99.5 Å². The summed E-state index contributed by atoms with van der Waals surface area (Å²) >= 11 is 0. The lowest BCUT2D eigenvalue weighted by Crippen LogP contribution is -2.03. The fraction of sp³-hybridized carbons (Fsp3) is 0.154. The number of nitrogens with two attached hydrogens (primary N) is 1. The first-order valence-electron chi connectivity index (χ1n) is 5.41. The molecule has 88 valence electrons. The van der Waals surface area contributed by atoms with Crippen LogP contribution in [0.25, 0.3) is 0 Å². The molecule has 0 bridgehead atoms. The van der Waals surface area contributed by atoms with Gasteiger partial charge in [0.25, 0.3) is 0 Å². The highest BCUT2D eigenvalue weighted by molar-refractivity contribution is 5.35. The highest BCUT2D eigenvalue weighted by atomic mass is 19.1. The average Bonchev–Trinajstić information content (AvgIpc) is 2.38. The standard InChI is InChI=1S/C13H14FN3/c14-12-4-5-13(17-9-12)16-8-11-3-1-2-10(6-11)7-15/h1-6,9H,7-8,15H2,(H,16,17). The number of benzene rings is 1. The van der Waals surface area contributed by atoms with Gasteiger partial charge in [-0.05, 0) is 23.3 Å². The van der Waals surface area contributed by atoms with Gasteiger partial charge in [0.05, 0.1) is 6.20 Å². The van der Waals surface area contributed by atoms with Crippen molar-refractivity contribution in [1.29, 1.82) is 0 Å². The van der Waals surface area contributed by atoms with Gasteiger partial charge in [0, 0.05) is 13.1 Å². The maximum Gasteiger partial charge on any atom is 0.141 e. The van der Waals surface area contributed by atoms with Gasteiger partial charge in [-0.2, -0.15) is 0 Å². The molecule has 1 aromatic heterocycles. The van der Waals surface area contributed by atoms with Crippen LogP contribution < -0.4 is 11.1 Å². The number of halogens is 1. The molecule has 3 nitrogen and oxygen atoms in total. The van der Waals surface area contributed by atoms with Crippen LogP contribution in [0.1, 0.15) is 11.1 Å². The van der Waals surface area contributed by atoms with E-state index in [4.69, 9.17) is 5.73 Å². The molecule has 0 atom stereocenters. The topological polar surface area (TPSA) is 50.9 Å². The van der Waals surface area contributed by atoms with E-state index in [0.717, 1.165) is 11.1 Å². The third-order valence-electron chi connectivity index (χ3n) is 2.43. The van der Waals surface area contributed by atoms with Crippen LogP contribution in [0.5, 0.6) is 0 Å². The van der Waals surface area contributed by atoms with Crippen molar-refractivity contribution < 1.29 is 4.39 Å². The van der Waals surface area contributed by atoms with Crippen LogP contribution in [0.15, 0.2) is 42.6 Å². The molecule has 0 amide bonds. The second kappa shape index (κ2) is 5.41. The molecule has 2 aromatic rings. The highest BCUT2D eigenvalue weighted by Gasteiger charge is 1.97. The maximum absolute atomic E-state index is 12.6. The first-order chi connectivity index (χ1) is 8.28. The Morgan fingerprint density at radius 1 is 1.18 bits per heavy atom. The Balaban J connectivity index is 1.99. The lowest BCUT2D eigenvalue weighted by Gasteiger charge is -2.06. The zero-order valence-corrected chi connectivity index (χ0v) is 9.36. The lowest BCUT2D eigenvalue weighted by molar-refractivity contribution is 0.621. The van der Waals surface area contributed by atoms with E-state index in [2.05, 4.69) is 10.3 Å². The van der Waals surface area contributed by atoms with Crippen molar-refractivity contribution in [3.05, 3.63) is 59.5 Å². The lowest BCUT2D eigenvalue weighted by atomic mass is 10.1. The van der Waals surface area contributed by atoms with E-state index in [-0.39, 0.29) is 5.82 Å². The number of rotatable bonds is 4. The number of hydrogen-bond acceptors (Lipinski definition) is 3. The molecule has 0 saturated carbocycles. The molecule has 0 fully saturated rings. The van der Waals surface area contributed by atoms with Gasteiger partial charge in [0.2, 0.25) is 0 Å². The summed E-state index contributed by atoms with van der Waals surface area (Å²) in [5.74, 6) is 0.324. The van der Waals surface area contributed by atoms with E-state index in [1.54, 1.807) is 6.07 Å². The Morgan fingerprint density at radius 3 is 2.71 bits per heavy atom. The number of pyridine rings is 1. The summed E-state index contributed by atoms with van der Waals surface area (Å²) in [6.07, 6.45) is 1.19. The van der Waals surface area contributed by atoms with Gasteiger partial charge >= 0.3 is 0 Å². The normalized spacial score (nSPS) is 10.2. The van der Waals surface area contributed by atoms with Crippen molar-refractivity contribution in [1.82, 2.24) is 4.98 Å². The minimum Gasteiger partial charge on any atom is -0.366 e. The van der Waals surface area contributed by atoms with Gasteiger partial charge in [0.1, 0.15) is 11.6 Å². The molecule has 0 unspecified atom stereocenters. The molecule has 3 N–H and O–H groups in total. The summed E-state index contributed by atoms with van der Waals surface area (Å²) in [7, 11) is 0. The Hall–Kier alpha value is -1.94. The van der Waals surface area contributed by atoms with Crippen molar-refractivity contribution in [3.8, 4) is 0 Å². The number of anilines is 1. The Bertz CT molecular complexity index is 482. The smallest absolute Gasteiger partial charge is 0.141 e. The molecule has 0 radical (unpaired) electrons. The van der Waals surface area contributed by atoms with Gasteiger partial charge < -0.3 is 11.1 Å². The monoisotopic (exact) mass is 231 g/mol. The molecule has 0 saturated heterocycles. The third kappa shape index (κ3) is 3.26. The van der Waals surface area contributed by atoms with Crippen molar-refractivity contribution in [2.45, 2.75) is 13.1 Å². The summed E-state index contributed by atoms with van der Waals surface area (Å²) in [5.41, 5.74) is 7.79. The second-order valence-corrected chi connectivity index (χ2v) is 3.74. The zero-order valence-electron chi connectivity index (χ0n) is 9.36. The average molecular weight is 231 g/mol. The van der Waals surface area contributed by atoms with E-state index >= 15 is 0 Å². The first kappa shape index (κ1) is 11.5. The van der Waals surface area contributed by atoms with E-state index in [1.165, 1.54) is 12.3 Å². The van der Waals surface area contributed by atoms with Crippen LogP contribution in [0, 0.1) is 5.82 Å². The predicted octanol–water partition coefficient (Wildman–Crippen LogP) is 2.29. The van der Waals surface area contributed by atoms with Gasteiger partial charge in [-0.25, -0.2) is 9.37 Å². The summed E-state index contributed by atoms with van der Waals surface area (Å²) in [6.45, 7) is 1.18. The number of hydrogen-bond donors (Lipinski definition) is 2. The quantitative estimate of drug-likeness (QED) is 0.848. The van der Waals surface area contributed by atoms with Gasteiger partial charge in [-0.3, -0.25) is 0 Å². The van der Waals surface area contributed by atoms with E-state index in [0.29, 0.717) is 18.9 Å². The molecule has 0 spiro atoms. The Morgan fingerprint density at radius 2 is 2.00 bits per heavy atom. The minimum absolute atomic E-state index is 0.333. The molecule has 0 aliphatic carbocycles. The SMILES string of the molecule is NCc1cccc(CNc2ccc(F)cn2)c1. The molecule has 2 rings (SSSR count). The molecule has 17 heavy (non-hydrogen) atoms. The van der Waals surface area contributed by atoms with Crippen LogP contribution in [-0.4, -0.2) is 4.98 Å². The number of aromatic nitrogens is 1. The molecule has 4 heteroatoms. The molecule has 1 heterocycles. The zero-order chi connectivity index (χ0) is 12.1. The summed E-state index contributed by atoms with van der Waals surface area (Å²) in [4.78, 5) is 3.93. The highest BCUT2D eigenvalue weighted by Crippen LogP contribution is 2.08. The minimum atomic E-state index is -0.333. The van der Waals surface area contributed by atoms with Crippen LogP contribution in [0.3, 0.4) is 0 Å². The van der Waals surface area contributed by atoms with Crippen LogP contribution in [0.2, 0.25) is 0 Å². The summed E-state index contributed by atoms with van der Waals surface area (Å²) < 4.78 is 12.6. The van der Waals surface area contributed by atoms with Gasteiger partial charge in [0.15, 0.2) is 0 Å². The number of nitrogens with one attached hydrogen (secondary N) is 1.